The Morgan fingerprint density at radius 1 is 1.26 bits per heavy atom. The normalized spacial score (nSPS) is 17.7. The molecular weight excluding hydrogens is 243 g/mol. The molecule has 1 atom stereocenters. The van der Waals surface area contributed by atoms with E-state index in [4.69, 9.17) is 10.00 Å². The van der Waals surface area contributed by atoms with Crippen LogP contribution >= 0.6 is 0 Å². The molecule has 19 heavy (non-hydrogen) atoms. The number of rotatable bonds is 5. The zero-order valence-corrected chi connectivity index (χ0v) is 11.0. The van der Waals surface area contributed by atoms with Crippen LogP contribution in [0.5, 0.6) is 5.75 Å². The molecule has 0 saturated carbocycles. The van der Waals surface area contributed by atoms with Gasteiger partial charge in [-0.2, -0.15) is 5.26 Å². The summed E-state index contributed by atoms with van der Waals surface area (Å²) >= 11 is 0. The standard InChI is InChI=1S/C15H19FN2O/c16-15(18-9-4-1-5-10-18)8-11-19-14-7-3-2-6-13(14)12-17/h2-3,6-7,15H,1,4-5,8-11H2. The fourth-order valence-electron chi connectivity index (χ4n) is 2.33. The lowest BCUT2D eigenvalue weighted by Gasteiger charge is -2.29. The summed E-state index contributed by atoms with van der Waals surface area (Å²) in [7, 11) is 0. The highest BCUT2D eigenvalue weighted by atomic mass is 19.1. The molecule has 2 rings (SSSR count). The van der Waals surface area contributed by atoms with Crippen molar-refractivity contribution < 1.29 is 9.13 Å². The predicted molar refractivity (Wildman–Crippen MR) is 71.6 cm³/mol. The van der Waals surface area contributed by atoms with Crippen molar-refractivity contribution in [2.75, 3.05) is 19.7 Å². The number of likely N-dealkylation sites (tertiary alicyclic amines) is 1. The number of nitrogens with zero attached hydrogens (tertiary/aromatic N) is 2. The number of benzene rings is 1. The minimum Gasteiger partial charge on any atom is -0.492 e. The molecule has 0 N–H and O–H groups in total. The summed E-state index contributed by atoms with van der Waals surface area (Å²) in [4.78, 5) is 1.88. The average Bonchev–Trinajstić information content (AvgIpc) is 2.48. The van der Waals surface area contributed by atoms with Gasteiger partial charge in [0.1, 0.15) is 11.8 Å². The lowest BCUT2D eigenvalue weighted by molar-refractivity contribution is 0.0465. The van der Waals surface area contributed by atoms with E-state index in [1.807, 2.05) is 11.0 Å². The number of piperidine rings is 1. The topological polar surface area (TPSA) is 36.3 Å². The number of nitriles is 1. The molecule has 102 valence electrons. The van der Waals surface area contributed by atoms with Crippen LogP contribution in [0.4, 0.5) is 4.39 Å². The van der Waals surface area contributed by atoms with Crippen molar-refractivity contribution in [3.63, 3.8) is 0 Å². The second-order valence-corrected chi connectivity index (χ2v) is 4.78. The van der Waals surface area contributed by atoms with E-state index in [0.717, 1.165) is 25.9 Å². The van der Waals surface area contributed by atoms with E-state index in [2.05, 4.69) is 6.07 Å². The van der Waals surface area contributed by atoms with Gasteiger partial charge in [-0.1, -0.05) is 18.6 Å². The molecule has 0 aromatic heterocycles. The van der Waals surface area contributed by atoms with Crippen LogP contribution in [0.25, 0.3) is 0 Å². The Hall–Kier alpha value is -1.60. The average molecular weight is 262 g/mol. The Balaban J connectivity index is 1.78. The monoisotopic (exact) mass is 262 g/mol. The van der Waals surface area contributed by atoms with Gasteiger partial charge < -0.3 is 4.74 Å². The SMILES string of the molecule is N#Cc1ccccc1OCCC(F)N1CCCCC1. The third-order valence-corrected chi connectivity index (χ3v) is 3.41. The second-order valence-electron chi connectivity index (χ2n) is 4.78. The van der Waals surface area contributed by atoms with Gasteiger partial charge in [0.2, 0.25) is 0 Å². The lowest BCUT2D eigenvalue weighted by atomic mass is 10.1. The van der Waals surface area contributed by atoms with Crippen LogP contribution < -0.4 is 4.74 Å². The van der Waals surface area contributed by atoms with E-state index in [9.17, 15) is 4.39 Å². The predicted octanol–water partition coefficient (Wildman–Crippen LogP) is 3.11. The Bertz CT molecular complexity index is 438. The Morgan fingerprint density at radius 3 is 2.74 bits per heavy atom. The maximum absolute atomic E-state index is 14.0. The summed E-state index contributed by atoms with van der Waals surface area (Å²) in [5.41, 5.74) is 0.496. The molecule has 0 radical (unpaired) electrons. The van der Waals surface area contributed by atoms with Crippen LogP contribution in [0, 0.1) is 11.3 Å². The largest absolute Gasteiger partial charge is 0.492 e. The van der Waals surface area contributed by atoms with Gasteiger partial charge in [-0.3, -0.25) is 4.90 Å². The lowest BCUT2D eigenvalue weighted by Crippen LogP contribution is -2.37. The van der Waals surface area contributed by atoms with Crippen LogP contribution in [-0.4, -0.2) is 30.9 Å². The molecular formula is C15H19FN2O. The summed E-state index contributed by atoms with van der Waals surface area (Å²) in [6.07, 6.45) is 2.78. The maximum atomic E-state index is 14.0. The number of halogens is 1. The van der Waals surface area contributed by atoms with E-state index in [1.165, 1.54) is 6.42 Å². The molecule has 0 amide bonds. The third-order valence-electron chi connectivity index (χ3n) is 3.41. The maximum Gasteiger partial charge on any atom is 0.156 e. The van der Waals surface area contributed by atoms with Gasteiger partial charge in [0.25, 0.3) is 0 Å². The number of para-hydroxylation sites is 1. The van der Waals surface area contributed by atoms with Crippen molar-refractivity contribution >= 4 is 0 Å². The van der Waals surface area contributed by atoms with E-state index < -0.39 is 6.30 Å². The van der Waals surface area contributed by atoms with Crippen LogP contribution in [0.1, 0.15) is 31.2 Å². The van der Waals surface area contributed by atoms with Crippen LogP contribution in [0.2, 0.25) is 0 Å². The first-order chi connectivity index (χ1) is 9.31. The van der Waals surface area contributed by atoms with E-state index in [-0.39, 0.29) is 0 Å². The summed E-state index contributed by atoms with van der Waals surface area (Å²) in [6, 6.07) is 9.11. The fourth-order valence-corrected chi connectivity index (χ4v) is 2.33. The van der Waals surface area contributed by atoms with Crippen LogP contribution in [-0.2, 0) is 0 Å². The molecule has 0 spiro atoms. The summed E-state index contributed by atoms with van der Waals surface area (Å²) in [5, 5.41) is 8.92. The molecule has 1 heterocycles. The Morgan fingerprint density at radius 2 is 2.00 bits per heavy atom. The Labute approximate surface area is 113 Å². The molecule has 0 bridgehead atoms. The molecule has 0 aliphatic carbocycles. The fraction of sp³-hybridized carbons (Fsp3) is 0.533. The van der Waals surface area contributed by atoms with Gasteiger partial charge in [0, 0.05) is 19.5 Å². The number of ether oxygens (including phenoxy) is 1. The van der Waals surface area contributed by atoms with Gasteiger partial charge in [0.05, 0.1) is 12.2 Å². The molecule has 1 fully saturated rings. The van der Waals surface area contributed by atoms with E-state index >= 15 is 0 Å². The molecule has 1 unspecified atom stereocenters. The highest BCUT2D eigenvalue weighted by molar-refractivity contribution is 5.42. The van der Waals surface area contributed by atoms with Crippen molar-refractivity contribution in [1.82, 2.24) is 4.90 Å². The van der Waals surface area contributed by atoms with Gasteiger partial charge in [0.15, 0.2) is 6.30 Å². The number of alkyl halides is 1. The minimum absolute atomic E-state index is 0.302. The van der Waals surface area contributed by atoms with Crippen molar-refractivity contribution in [1.29, 1.82) is 5.26 Å². The highest BCUT2D eigenvalue weighted by Gasteiger charge is 2.19. The van der Waals surface area contributed by atoms with Gasteiger partial charge >= 0.3 is 0 Å². The van der Waals surface area contributed by atoms with Crippen LogP contribution in [0.3, 0.4) is 0 Å². The Kier molecular flexibility index (Phi) is 5.17. The molecule has 3 nitrogen and oxygen atoms in total. The molecule has 1 aliphatic heterocycles. The minimum atomic E-state index is -0.936. The first-order valence-electron chi connectivity index (χ1n) is 6.81. The van der Waals surface area contributed by atoms with Gasteiger partial charge in [-0.25, -0.2) is 4.39 Å². The van der Waals surface area contributed by atoms with E-state index in [0.29, 0.717) is 24.3 Å². The first-order valence-corrected chi connectivity index (χ1v) is 6.81. The van der Waals surface area contributed by atoms with Gasteiger partial charge in [-0.05, 0) is 25.0 Å². The zero-order valence-electron chi connectivity index (χ0n) is 11.0. The zero-order chi connectivity index (χ0) is 13.5. The second kappa shape index (κ2) is 7.10. The summed E-state index contributed by atoms with van der Waals surface area (Å²) < 4.78 is 19.5. The van der Waals surface area contributed by atoms with Crippen molar-refractivity contribution in [2.45, 2.75) is 32.0 Å². The highest BCUT2D eigenvalue weighted by Crippen LogP contribution is 2.19. The molecule has 4 heteroatoms. The van der Waals surface area contributed by atoms with Crippen molar-refractivity contribution in [3.8, 4) is 11.8 Å². The van der Waals surface area contributed by atoms with Crippen molar-refractivity contribution in [2.24, 2.45) is 0 Å². The van der Waals surface area contributed by atoms with Crippen molar-refractivity contribution in [3.05, 3.63) is 29.8 Å². The number of hydrogen-bond donors (Lipinski definition) is 0. The first kappa shape index (κ1) is 13.8. The van der Waals surface area contributed by atoms with E-state index in [1.54, 1.807) is 18.2 Å². The third kappa shape index (κ3) is 3.93. The van der Waals surface area contributed by atoms with Crippen LogP contribution in [0.15, 0.2) is 24.3 Å². The quantitative estimate of drug-likeness (QED) is 0.765. The summed E-state index contributed by atoms with van der Waals surface area (Å²) in [6.45, 7) is 1.99. The van der Waals surface area contributed by atoms with Gasteiger partial charge in [-0.15, -0.1) is 0 Å². The molecule has 1 aliphatic rings. The molecule has 1 aromatic carbocycles. The summed E-state index contributed by atoms with van der Waals surface area (Å²) in [5.74, 6) is 0.538. The molecule has 1 saturated heterocycles. The number of hydrogen-bond acceptors (Lipinski definition) is 3. The molecule has 1 aromatic rings. The smallest absolute Gasteiger partial charge is 0.156 e.